The Kier molecular flexibility index (Phi) is 4.19. The molecule has 0 aromatic heterocycles. The van der Waals surface area contributed by atoms with Crippen LogP contribution < -0.4 is 0 Å². The number of nitrogens with zero attached hydrogens (tertiary/aromatic N) is 1. The van der Waals surface area contributed by atoms with E-state index in [1.54, 1.807) is 4.90 Å². The molecule has 0 radical (unpaired) electrons. The summed E-state index contributed by atoms with van der Waals surface area (Å²) in [6, 6.07) is 16.7. The molecule has 1 aliphatic heterocycles. The number of terminal acetylenes is 1. The first-order valence-electron chi connectivity index (χ1n) is 8.84. The standard InChI is InChI=1S/C22H21NO2/c1-2-16-11-13-23(14-12-16)22(24)25-15-21-19-9-5-3-7-17(19)18-8-4-6-10-20(18)21/h1,3-10,16,21H,11-15H2. The number of benzene rings is 2. The van der Waals surface area contributed by atoms with Gasteiger partial charge in [0.05, 0.1) is 0 Å². The Morgan fingerprint density at radius 1 is 1.04 bits per heavy atom. The van der Waals surface area contributed by atoms with Crippen LogP contribution in [0.3, 0.4) is 0 Å². The van der Waals surface area contributed by atoms with Gasteiger partial charge in [0.25, 0.3) is 0 Å². The number of likely N-dealkylation sites (tertiary alicyclic amines) is 1. The highest BCUT2D eigenvalue weighted by molar-refractivity contribution is 5.79. The summed E-state index contributed by atoms with van der Waals surface area (Å²) >= 11 is 0. The Morgan fingerprint density at radius 2 is 1.60 bits per heavy atom. The van der Waals surface area contributed by atoms with Crippen molar-refractivity contribution in [2.75, 3.05) is 19.7 Å². The van der Waals surface area contributed by atoms with E-state index in [2.05, 4.69) is 42.3 Å². The minimum absolute atomic E-state index is 0.111. The number of hydrogen-bond acceptors (Lipinski definition) is 2. The van der Waals surface area contributed by atoms with E-state index >= 15 is 0 Å². The van der Waals surface area contributed by atoms with Gasteiger partial charge in [-0.15, -0.1) is 12.3 Å². The van der Waals surface area contributed by atoms with Crippen molar-refractivity contribution in [2.45, 2.75) is 18.8 Å². The van der Waals surface area contributed by atoms with Crippen molar-refractivity contribution in [2.24, 2.45) is 5.92 Å². The third-order valence-corrected chi connectivity index (χ3v) is 5.32. The third kappa shape index (κ3) is 2.89. The average Bonchev–Trinajstić information content (AvgIpc) is 3.00. The van der Waals surface area contributed by atoms with Crippen LogP contribution in [-0.2, 0) is 4.74 Å². The van der Waals surface area contributed by atoms with Crippen LogP contribution in [0.25, 0.3) is 11.1 Å². The number of rotatable bonds is 2. The fourth-order valence-electron chi connectivity index (χ4n) is 3.91. The molecule has 0 N–H and O–H groups in total. The highest BCUT2D eigenvalue weighted by atomic mass is 16.6. The molecule has 1 fully saturated rings. The summed E-state index contributed by atoms with van der Waals surface area (Å²) in [7, 11) is 0. The largest absolute Gasteiger partial charge is 0.448 e. The van der Waals surface area contributed by atoms with Crippen LogP contribution in [-0.4, -0.2) is 30.7 Å². The van der Waals surface area contributed by atoms with E-state index in [9.17, 15) is 4.79 Å². The second kappa shape index (κ2) is 6.64. The molecule has 3 heteroatoms. The number of fused-ring (bicyclic) bond motifs is 3. The quantitative estimate of drug-likeness (QED) is 0.769. The molecule has 1 heterocycles. The van der Waals surface area contributed by atoms with Crippen molar-refractivity contribution in [3.63, 3.8) is 0 Å². The summed E-state index contributed by atoms with van der Waals surface area (Å²) in [5.41, 5.74) is 4.97. The Labute approximate surface area is 148 Å². The third-order valence-electron chi connectivity index (χ3n) is 5.32. The molecule has 1 aliphatic carbocycles. The topological polar surface area (TPSA) is 29.5 Å². The van der Waals surface area contributed by atoms with Crippen LogP contribution in [0.1, 0.15) is 29.9 Å². The van der Waals surface area contributed by atoms with E-state index in [-0.39, 0.29) is 17.9 Å². The van der Waals surface area contributed by atoms with Gasteiger partial charge in [0, 0.05) is 24.9 Å². The molecule has 0 atom stereocenters. The minimum Gasteiger partial charge on any atom is -0.448 e. The van der Waals surface area contributed by atoms with Gasteiger partial charge in [-0.05, 0) is 35.1 Å². The van der Waals surface area contributed by atoms with Gasteiger partial charge in [-0.1, -0.05) is 48.5 Å². The van der Waals surface area contributed by atoms with E-state index in [4.69, 9.17) is 11.2 Å². The Morgan fingerprint density at radius 3 is 2.16 bits per heavy atom. The van der Waals surface area contributed by atoms with Gasteiger partial charge >= 0.3 is 6.09 Å². The van der Waals surface area contributed by atoms with Gasteiger partial charge in [-0.3, -0.25) is 0 Å². The molecule has 1 saturated heterocycles. The molecule has 0 spiro atoms. The number of piperidine rings is 1. The van der Waals surface area contributed by atoms with Gasteiger partial charge in [0.1, 0.15) is 6.61 Å². The molecule has 3 nitrogen and oxygen atoms in total. The van der Waals surface area contributed by atoms with Gasteiger partial charge in [-0.25, -0.2) is 4.79 Å². The summed E-state index contributed by atoms with van der Waals surface area (Å²) in [4.78, 5) is 14.2. The smallest absolute Gasteiger partial charge is 0.409 e. The number of ether oxygens (including phenoxy) is 1. The lowest BCUT2D eigenvalue weighted by molar-refractivity contribution is 0.0893. The first-order valence-corrected chi connectivity index (χ1v) is 8.84. The summed E-state index contributed by atoms with van der Waals surface area (Å²) in [6.07, 6.45) is 6.97. The van der Waals surface area contributed by atoms with Crippen molar-refractivity contribution in [3.05, 3.63) is 59.7 Å². The van der Waals surface area contributed by atoms with E-state index in [1.165, 1.54) is 22.3 Å². The van der Waals surface area contributed by atoms with E-state index in [0.717, 1.165) is 12.8 Å². The molecule has 0 bridgehead atoms. The van der Waals surface area contributed by atoms with Crippen molar-refractivity contribution in [1.29, 1.82) is 0 Å². The molecule has 4 rings (SSSR count). The number of carbonyl (C=O) groups excluding carboxylic acids is 1. The fourth-order valence-corrected chi connectivity index (χ4v) is 3.91. The molecule has 0 unspecified atom stereocenters. The van der Waals surface area contributed by atoms with Crippen molar-refractivity contribution in [3.8, 4) is 23.5 Å². The van der Waals surface area contributed by atoms with Gasteiger partial charge in [-0.2, -0.15) is 0 Å². The molecule has 2 aromatic carbocycles. The monoisotopic (exact) mass is 331 g/mol. The molecular formula is C22H21NO2. The Hall–Kier alpha value is -2.73. The summed E-state index contributed by atoms with van der Waals surface area (Å²) in [6.45, 7) is 1.75. The number of amides is 1. The molecule has 126 valence electrons. The Bertz CT molecular complexity index is 782. The fraction of sp³-hybridized carbons (Fsp3) is 0.318. The molecular weight excluding hydrogens is 310 g/mol. The maximum absolute atomic E-state index is 12.4. The molecule has 2 aliphatic rings. The van der Waals surface area contributed by atoms with Gasteiger partial charge in [0.2, 0.25) is 0 Å². The van der Waals surface area contributed by atoms with Crippen LogP contribution in [0.15, 0.2) is 48.5 Å². The van der Waals surface area contributed by atoms with Crippen molar-refractivity contribution in [1.82, 2.24) is 4.90 Å². The maximum atomic E-state index is 12.4. The SMILES string of the molecule is C#CC1CCN(C(=O)OCC2c3ccccc3-c3ccccc32)CC1. The second-order valence-electron chi connectivity index (χ2n) is 6.73. The lowest BCUT2D eigenvalue weighted by Crippen LogP contribution is -2.39. The first-order chi connectivity index (χ1) is 12.3. The van der Waals surface area contributed by atoms with Crippen LogP contribution in [0, 0.1) is 18.3 Å². The predicted molar refractivity (Wildman–Crippen MR) is 98.2 cm³/mol. The van der Waals surface area contributed by atoms with Crippen LogP contribution >= 0.6 is 0 Å². The van der Waals surface area contributed by atoms with Crippen LogP contribution in [0.2, 0.25) is 0 Å². The summed E-state index contributed by atoms with van der Waals surface area (Å²) < 4.78 is 5.68. The summed E-state index contributed by atoms with van der Waals surface area (Å²) in [5, 5.41) is 0. The summed E-state index contributed by atoms with van der Waals surface area (Å²) in [5.74, 6) is 3.18. The highest BCUT2D eigenvalue weighted by Gasteiger charge is 2.30. The number of carbonyl (C=O) groups is 1. The second-order valence-corrected chi connectivity index (χ2v) is 6.73. The molecule has 2 aromatic rings. The van der Waals surface area contributed by atoms with Crippen LogP contribution in [0.4, 0.5) is 4.79 Å². The van der Waals surface area contributed by atoms with Crippen LogP contribution in [0.5, 0.6) is 0 Å². The lowest BCUT2D eigenvalue weighted by atomic mass is 9.98. The van der Waals surface area contributed by atoms with Crippen molar-refractivity contribution >= 4 is 6.09 Å². The van der Waals surface area contributed by atoms with Gasteiger partial charge in [0.15, 0.2) is 0 Å². The van der Waals surface area contributed by atoms with Gasteiger partial charge < -0.3 is 9.64 Å². The zero-order valence-electron chi connectivity index (χ0n) is 14.2. The molecule has 0 saturated carbocycles. The average molecular weight is 331 g/mol. The minimum atomic E-state index is -0.225. The van der Waals surface area contributed by atoms with E-state index in [0.29, 0.717) is 19.7 Å². The predicted octanol–water partition coefficient (Wildman–Crippen LogP) is 4.28. The molecule has 1 amide bonds. The number of hydrogen-bond donors (Lipinski definition) is 0. The maximum Gasteiger partial charge on any atom is 0.409 e. The van der Waals surface area contributed by atoms with Crippen molar-refractivity contribution < 1.29 is 9.53 Å². The highest BCUT2D eigenvalue weighted by Crippen LogP contribution is 2.44. The zero-order chi connectivity index (χ0) is 17.2. The first kappa shape index (κ1) is 15.8. The zero-order valence-corrected chi connectivity index (χ0v) is 14.2. The lowest BCUT2D eigenvalue weighted by Gasteiger charge is -2.29. The molecule has 25 heavy (non-hydrogen) atoms. The normalized spacial score (nSPS) is 16.8. The van der Waals surface area contributed by atoms with E-state index < -0.39 is 0 Å². The Balaban J connectivity index is 1.47. The van der Waals surface area contributed by atoms with E-state index in [1.807, 2.05) is 12.1 Å².